The number of nitrogens with one attached hydrogen (secondary N) is 3. The van der Waals surface area contributed by atoms with Gasteiger partial charge in [-0.3, -0.25) is 19.2 Å². The number of unbranched alkanes of at least 4 members (excludes halogenated alkanes) is 1. The van der Waals surface area contributed by atoms with Gasteiger partial charge in [-0.15, -0.1) is 11.8 Å². The first-order valence-electron chi connectivity index (χ1n) is 15.0. The fourth-order valence-electron chi connectivity index (χ4n) is 4.10. The largest absolute Gasteiger partial charge is 0.490 e. The highest BCUT2D eigenvalue weighted by molar-refractivity contribution is 8.00. The second kappa shape index (κ2) is 20.4. The Kier molecular flexibility index (Phi) is 16.8. The molecule has 49 heavy (non-hydrogen) atoms. The highest BCUT2D eigenvalue weighted by Gasteiger charge is 2.38. The van der Waals surface area contributed by atoms with Crippen LogP contribution in [0.3, 0.4) is 0 Å². The molecule has 0 aliphatic heterocycles. The molecule has 7 N–H and O–H groups in total. The van der Waals surface area contributed by atoms with E-state index in [1.165, 1.54) is 6.92 Å². The average molecular weight is 706 g/mol. The number of carbonyl (C=O) groups is 5. The van der Waals surface area contributed by atoms with Gasteiger partial charge in [0.25, 0.3) is 0 Å². The molecule has 1 aromatic heterocycles. The number of Topliss-reactive ketones (excluding diaryl/α,β-unsaturated/α-hetero) is 1. The number of pyridine rings is 1. The Bertz CT molecular complexity index is 1510. The van der Waals surface area contributed by atoms with E-state index in [-0.39, 0.29) is 30.3 Å². The van der Waals surface area contributed by atoms with Gasteiger partial charge in [0.05, 0.1) is 12.5 Å². The molecule has 2 unspecified atom stereocenters. The molecule has 0 saturated carbocycles. The van der Waals surface area contributed by atoms with Crippen molar-refractivity contribution >= 4 is 47.1 Å². The standard InChI is InChI=1S/C31H37N5O5S.C2HF3O2/c1-21(37)30(32)42-20-26(35-28(38)12-6-8-18-34-27-11-5-7-17-33-27)31(41)36-25(19-29(39)40)24-15-13-23(14-16-24)22-9-3-2-4-10-22;3-2(4,5)1(6)7/h2-5,7,9-11,13-17,25-26,30H,6,8,12,18-20,32H2,1H3,(H,33,34)(H,35,38)(H,36,41)(H,39,40);(H,6,7)/t25?,26-,30?;/m1./s1. The van der Waals surface area contributed by atoms with Gasteiger partial charge >= 0.3 is 18.1 Å². The highest BCUT2D eigenvalue weighted by atomic mass is 32.2. The van der Waals surface area contributed by atoms with Gasteiger partial charge in [0, 0.05) is 24.9 Å². The highest BCUT2D eigenvalue weighted by Crippen LogP contribution is 2.24. The molecule has 264 valence electrons. The Balaban J connectivity index is 0.00000107. The van der Waals surface area contributed by atoms with Crippen molar-refractivity contribution in [1.29, 1.82) is 0 Å². The Morgan fingerprint density at radius 1 is 0.878 bits per heavy atom. The van der Waals surface area contributed by atoms with Gasteiger partial charge in [-0.05, 0) is 48.6 Å². The number of aliphatic carboxylic acids is 2. The van der Waals surface area contributed by atoms with Crippen molar-refractivity contribution in [3.63, 3.8) is 0 Å². The van der Waals surface area contributed by atoms with Crippen molar-refractivity contribution < 1.29 is 47.4 Å². The zero-order valence-electron chi connectivity index (χ0n) is 26.5. The third-order valence-electron chi connectivity index (χ3n) is 6.65. The van der Waals surface area contributed by atoms with Crippen LogP contribution < -0.4 is 21.7 Å². The zero-order valence-corrected chi connectivity index (χ0v) is 27.3. The normalized spacial score (nSPS) is 12.7. The molecule has 0 saturated heterocycles. The minimum absolute atomic E-state index is 0.0479. The topological polar surface area (TPSA) is 201 Å². The van der Waals surface area contributed by atoms with Gasteiger partial charge in [0.1, 0.15) is 17.2 Å². The fourth-order valence-corrected chi connectivity index (χ4v) is 4.97. The molecular formula is C33H38F3N5O7S. The summed E-state index contributed by atoms with van der Waals surface area (Å²) in [5.74, 6) is -4.18. The maximum atomic E-state index is 13.4. The van der Waals surface area contributed by atoms with Gasteiger partial charge < -0.3 is 31.9 Å². The number of halogens is 3. The molecule has 1 heterocycles. The number of hydrogen-bond donors (Lipinski definition) is 6. The van der Waals surface area contributed by atoms with Gasteiger partial charge in [0.2, 0.25) is 11.8 Å². The van der Waals surface area contributed by atoms with Crippen molar-refractivity contribution in [3.8, 4) is 11.1 Å². The number of aromatic nitrogens is 1. The number of amides is 2. The van der Waals surface area contributed by atoms with E-state index in [2.05, 4.69) is 20.9 Å². The van der Waals surface area contributed by atoms with Crippen LogP contribution in [0.4, 0.5) is 19.0 Å². The van der Waals surface area contributed by atoms with Crippen LogP contribution in [0.15, 0.2) is 79.0 Å². The molecule has 0 radical (unpaired) electrons. The molecule has 3 rings (SSSR count). The lowest BCUT2D eigenvalue weighted by atomic mass is 9.99. The van der Waals surface area contributed by atoms with Gasteiger partial charge in [-0.1, -0.05) is 60.7 Å². The van der Waals surface area contributed by atoms with Gasteiger partial charge in [-0.2, -0.15) is 13.2 Å². The molecule has 0 fully saturated rings. The number of benzene rings is 2. The summed E-state index contributed by atoms with van der Waals surface area (Å²) >= 11 is 1.05. The lowest BCUT2D eigenvalue weighted by Gasteiger charge is -2.24. The first kappa shape index (κ1) is 40.2. The predicted octanol–water partition coefficient (Wildman–Crippen LogP) is 4.39. The van der Waals surface area contributed by atoms with E-state index in [4.69, 9.17) is 15.6 Å². The van der Waals surface area contributed by atoms with Crippen LogP contribution in [0.5, 0.6) is 0 Å². The maximum Gasteiger partial charge on any atom is 0.490 e. The third-order valence-corrected chi connectivity index (χ3v) is 7.87. The van der Waals surface area contributed by atoms with E-state index in [0.717, 1.165) is 28.7 Å². The first-order chi connectivity index (χ1) is 23.2. The smallest absolute Gasteiger partial charge is 0.481 e. The number of carbonyl (C=O) groups excluding carboxylic acids is 3. The Hall–Kier alpha value is -4.96. The Morgan fingerprint density at radius 2 is 1.49 bits per heavy atom. The van der Waals surface area contributed by atoms with E-state index < -0.39 is 41.5 Å². The number of hydrogen-bond acceptors (Lipinski definition) is 9. The molecule has 12 nitrogen and oxygen atoms in total. The third kappa shape index (κ3) is 15.7. The number of ketones is 1. The minimum atomic E-state index is -5.08. The molecule has 2 amide bonds. The molecule has 0 spiro atoms. The van der Waals surface area contributed by atoms with Crippen molar-refractivity contribution in [3.05, 3.63) is 84.6 Å². The van der Waals surface area contributed by atoms with Crippen LogP contribution in [0.2, 0.25) is 0 Å². The summed E-state index contributed by atoms with van der Waals surface area (Å²) in [5, 5.41) is 24.5. The van der Waals surface area contributed by atoms with Crippen LogP contribution in [0, 0.1) is 0 Å². The second-order valence-corrected chi connectivity index (χ2v) is 11.7. The van der Waals surface area contributed by atoms with Crippen molar-refractivity contribution in [2.24, 2.45) is 5.73 Å². The molecule has 16 heteroatoms. The van der Waals surface area contributed by atoms with Crippen molar-refractivity contribution in [2.75, 3.05) is 17.6 Å². The van der Waals surface area contributed by atoms with E-state index in [0.29, 0.717) is 24.9 Å². The molecule has 0 bridgehead atoms. The van der Waals surface area contributed by atoms with E-state index in [1.54, 1.807) is 18.3 Å². The lowest BCUT2D eigenvalue weighted by molar-refractivity contribution is -0.192. The summed E-state index contributed by atoms with van der Waals surface area (Å²) in [6.45, 7) is 1.99. The van der Waals surface area contributed by atoms with Crippen LogP contribution >= 0.6 is 11.8 Å². The number of nitrogens with zero attached hydrogens (tertiary/aromatic N) is 1. The minimum Gasteiger partial charge on any atom is -0.481 e. The van der Waals surface area contributed by atoms with Crippen LogP contribution in [0.1, 0.15) is 44.2 Å². The van der Waals surface area contributed by atoms with Gasteiger partial charge in [0.15, 0.2) is 5.78 Å². The number of alkyl halides is 3. The number of thioether (sulfide) groups is 1. The molecule has 3 atom stereocenters. The quantitative estimate of drug-likeness (QED) is 0.0860. The Morgan fingerprint density at radius 3 is 2.04 bits per heavy atom. The predicted molar refractivity (Wildman–Crippen MR) is 178 cm³/mol. The average Bonchev–Trinajstić information content (AvgIpc) is 3.06. The SMILES string of the molecule is CC(=O)C(N)SC[C@@H](NC(=O)CCCCNc1ccccn1)C(=O)NC(CC(=O)O)c1ccc(-c2ccccc2)cc1.O=C(O)C(F)(F)F. The Labute approximate surface area is 285 Å². The van der Waals surface area contributed by atoms with Gasteiger partial charge in [-0.25, -0.2) is 9.78 Å². The molecule has 3 aromatic rings. The summed E-state index contributed by atoms with van der Waals surface area (Å²) < 4.78 is 31.7. The van der Waals surface area contributed by atoms with Crippen molar-refractivity contribution in [2.45, 2.75) is 56.2 Å². The number of carboxylic acids is 2. The monoisotopic (exact) mass is 705 g/mol. The fraction of sp³-hybridized carbons (Fsp3) is 0.333. The molecular weight excluding hydrogens is 667 g/mol. The van der Waals surface area contributed by atoms with Crippen LogP contribution in [-0.2, 0) is 24.0 Å². The zero-order chi connectivity index (χ0) is 36.4. The summed E-state index contributed by atoms with van der Waals surface area (Å²) in [6.07, 6.45) is -2.26. The van der Waals surface area contributed by atoms with E-state index in [1.807, 2.05) is 60.7 Å². The summed E-state index contributed by atoms with van der Waals surface area (Å²) in [6, 6.07) is 20.8. The molecule has 0 aliphatic carbocycles. The van der Waals surface area contributed by atoms with Crippen molar-refractivity contribution in [1.82, 2.24) is 15.6 Å². The van der Waals surface area contributed by atoms with Crippen LogP contribution in [0.25, 0.3) is 11.1 Å². The van der Waals surface area contributed by atoms with E-state index >= 15 is 0 Å². The number of carboxylic acid groups (broad SMARTS) is 2. The summed E-state index contributed by atoms with van der Waals surface area (Å²) in [7, 11) is 0. The second-order valence-electron chi connectivity index (χ2n) is 10.5. The summed E-state index contributed by atoms with van der Waals surface area (Å²) in [4.78, 5) is 62.5. The lowest BCUT2D eigenvalue weighted by Crippen LogP contribution is -2.50. The summed E-state index contributed by atoms with van der Waals surface area (Å²) in [5.41, 5.74) is 8.44. The number of nitrogens with two attached hydrogens (primary N) is 1. The molecule has 2 aromatic carbocycles. The number of anilines is 1. The van der Waals surface area contributed by atoms with E-state index in [9.17, 15) is 37.5 Å². The van der Waals surface area contributed by atoms with Crippen LogP contribution in [-0.4, -0.2) is 74.6 Å². The first-order valence-corrected chi connectivity index (χ1v) is 16.0. The maximum absolute atomic E-state index is 13.4. The number of rotatable bonds is 17. The molecule has 0 aliphatic rings.